The molecule has 3 N–H and O–H groups in total. The summed E-state index contributed by atoms with van der Waals surface area (Å²) in [5.74, 6) is 0. The van der Waals surface area contributed by atoms with Crippen LogP contribution >= 0.6 is 0 Å². The average Bonchev–Trinajstić information content (AvgIpc) is 2.33. The molecule has 0 atom stereocenters. The Kier molecular flexibility index (Phi) is 7.87. The Morgan fingerprint density at radius 2 is 1.24 bits per heavy atom. The summed E-state index contributed by atoms with van der Waals surface area (Å²) in [7, 11) is 0. The van der Waals surface area contributed by atoms with E-state index in [4.69, 9.17) is 5.73 Å². The van der Waals surface area contributed by atoms with Gasteiger partial charge in [-0.3, -0.25) is 0 Å². The van der Waals surface area contributed by atoms with Crippen molar-refractivity contribution in [3.8, 4) is 0 Å². The van der Waals surface area contributed by atoms with E-state index >= 15 is 0 Å². The summed E-state index contributed by atoms with van der Waals surface area (Å²) in [5.41, 5.74) is 6.29. The third-order valence-electron chi connectivity index (χ3n) is 4.25. The molecular formula is C15H32N2. The van der Waals surface area contributed by atoms with E-state index in [1.165, 1.54) is 70.6 Å². The molecule has 0 radical (unpaired) electrons. The Morgan fingerprint density at radius 1 is 0.824 bits per heavy atom. The predicted molar refractivity (Wildman–Crippen MR) is 76.2 cm³/mol. The highest BCUT2D eigenvalue weighted by molar-refractivity contribution is 4.88. The minimum absolute atomic E-state index is 0.244. The smallest absolute Gasteiger partial charge is 0.0303 e. The van der Waals surface area contributed by atoms with Gasteiger partial charge in [0.05, 0.1) is 0 Å². The second-order valence-electron chi connectivity index (χ2n) is 5.70. The van der Waals surface area contributed by atoms with Crippen molar-refractivity contribution >= 4 is 0 Å². The molecule has 0 bridgehead atoms. The molecular weight excluding hydrogens is 208 g/mol. The maximum Gasteiger partial charge on any atom is 0.0303 e. The first-order valence-corrected chi connectivity index (χ1v) is 7.78. The summed E-state index contributed by atoms with van der Waals surface area (Å²) in [6.45, 7) is 4.06. The zero-order chi connectivity index (χ0) is 12.4. The standard InChI is InChI=1S/C15H32N2/c1-2-17-15(14-16)12-10-8-6-4-3-5-7-9-11-13-15/h17H,2-14,16H2,1H3. The molecule has 0 aromatic rings. The van der Waals surface area contributed by atoms with E-state index in [2.05, 4.69) is 12.2 Å². The van der Waals surface area contributed by atoms with Crippen molar-refractivity contribution in [2.24, 2.45) is 5.73 Å². The second-order valence-corrected chi connectivity index (χ2v) is 5.70. The highest BCUT2D eigenvalue weighted by Crippen LogP contribution is 2.24. The van der Waals surface area contributed by atoms with Crippen LogP contribution in [0.15, 0.2) is 0 Å². The van der Waals surface area contributed by atoms with Gasteiger partial charge >= 0.3 is 0 Å². The summed E-state index contributed by atoms with van der Waals surface area (Å²) in [5, 5.41) is 3.67. The van der Waals surface area contributed by atoms with E-state index in [9.17, 15) is 0 Å². The van der Waals surface area contributed by atoms with E-state index < -0.39 is 0 Å². The number of likely N-dealkylation sites (N-methyl/N-ethyl adjacent to an activating group) is 1. The van der Waals surface area contributed by atoms with Crippen molar-refractivity contribution < 1.29 is 0 Å². The zero-order valence-electron chi connectivity index (χ0n) is 11.8. The number of nitrogens with one attached hydrogen (secondary N) is 1. The minimum atomic E-state index is 0.244. The Bertz CT molecular complexity index is 168. The lowest BCUT2D eigenvalue weighted by Crippen LogP contribution is -2.51. The SMILES string of the molecule is CCNC1(CN)CCCCCCCCCCC1. The van der Waals surface area contributed by atoms with E-state index in [1.54, 1.807) is 0 Å². The van der Waals surface area contributed by atoms with Gasteiger partial charge in [-0.15, -0.1) is 0 Å². The molecule has 17 heavy (non-hydrogen) atoms. The molecule has 0 amide bonds. The molecule has 2 heteroatoms. The fourth-order valence-corrected chi connectivity index (χ4v) is 3.12. The first-order valence-electron chi connectivity index (χ1n) is 7.78. The van der Waals surface area contributed by atoms with Crippen molar-refractivity contribution in [1.29, 1.82) is 0 Å². The second kappa shape index (κ2) is 8.93. The molecule has 0 unspecified atom stereocenters. The Hall–Kier alpha value is -0.0800. The average molecular weight is 240 g/mol. The topological polar surface area (TPSA) is 38.0 Å². The summed E-state index contributed by atoms with van der Waals surface area (Å²) in [6, 6.07) is 0. The maximum atomic E-state index is 6.04. The highest BCUT2D eigenvalue weighted by Gasteiger charge is 2.26. The molecule has 0 spiro atoms. The van der Waals surface area contributed by atoms with Gasteiger partial charge in [0.2, 0.25) is 0 Å². The van der Waals surface area contributed by atoms with Gasteiger partial charge in [0, 0.05) is 12.1 Å². The van der Waals surface area contributed by atoms with Crippen molar-refractivity contribution in [2.45, 2.75) is 83.1 Å². The summed E-state index contributed by atoms with van der Waals surface area (Å²) < 4.78 is 0. The zero-order valence-corrected chi connectivity index (χ0v) is 11.8. The monoisotopic (exact) mass is 240 g/mol. The molecule has 1 rings (SSSR count). The predicted octanol–water partition coefficient (Wildman–Crippen LogP) is 3.60. The number of hydrogen-bond donors (Lipinski definition) is 2. The third-order valence-corrected chi connectivity index (χ3v) is 4.25. The first kappa shape index (κ1) is 15.0. The molecule has 2 nitrogen and oxygen atoms in total. The fourth-order valence-electron chi connectivity index (χ4n) is 3.12. The first-order chi connectivity index (χ1) is 8.33. The van der Waals surface area contributed by atoms with Gasteiger partial charge in [0.25, 0.3) is 0 Å². The lowest BCUT2D eigenvalue weighted by Gasteiger charge is -2.34. The third kappa shape index (κ3) is 5.87. The fraction of sp³-hybridized carbons (Fsp3) is 1.00. The minimum Gasteiger partial charge on any atom is -0.329 e. The van der Waals surface area contributed by atoms with Gasteiger partial charge in [0.15, 0.2) is 0 Å². The molecule has 1 aliphatic carbocycles. The van der Waals surface area contributed by atoms with Crippen LogP contribution in [0.3, 0.4) is 0 Å². The summed E-state index contributed by atoms with van der Waals surface area (Å²) in [4.78, 5) is 0. The Morgan fingerprint density at radius 3 is 1.59 bits per heavy atom. The molecule has 0 saturated heterocycles. The van der Waals surface area contributed by atoms with Crippen LogP contribution in [-0.4, -0.2) is 18.6 Å². The molecule has 0 aromatic heterocycles. The van der Waals surface area contributed by atoms with Crippen LogP contribution in [0.25, 0.3) is 0 Å². The van der Waals surface area contributed by atoms with Crippen LogP contribution in [-0.2, 0) is 0 Å². The van der Waals surface area contributed by atoms with E-state index in [0.29, 0.717) is 0 Å². The van der Waals surface area contributed by atoms with Crippen molar-refractivity contribution in [3.63, 3.8) is 0 Å². The summed E-state index contributed by atoms with van der Waals surface area (Å²) in [6.07, 6.45) is 15.2. The number of rotatable bonds is 3. The molecule has 1 saturated carbocycles. The van der Waals surface area contributed by atoms with Gasteiger partial charge in [-0.25, -0.2) is 0 Å². The lowest BCUT2D eigenvalue weighted by molar-refractivity contribution is 0.272. The Balaban J connectivity index is 2.45. The van der Waals surface area contributed by atoms with Crippen LogP contribution in [0, 0.1) is 0 Å². The quantitative estimate of drug-likeness (QED) is 0.791. The van der Waals surface area contributed by atoms with Gasteiger partial charge < -0.3 is 11.1 Å². The van der Waals surface area contributed by atoms with Crippen LogP contribution < -0.4 is 11.1 Å². The number of hydrogen-bond acceptors (Lipinski definition) is 2. The van der Waals surface area contributed by atoms with Crippen LogP contribution in [0.1, 0.15) is 77.6 Å². The van der Waals surface area contributed by atoms with Gasteiger partial charge in [-0.1, -0.05) is 64.7 Å². The molecule has 1 aliphatic rings. The normalized spacial score (nSPS) is 23.6. The van der Waals surface area contributed by atoms with Crippen LogP contribution in [0.5, 0.6) is 0 Å². The van der Waals surface area contributed by atoms with Crippen LogP contribution in [0.2, 0.25) is 0 Å². The van der Waals surface area contributed by atoms with Crippen molar-refractivity contribution in [3.05, 3.63) is 0 Å². The highest BCUT2D eigenvalue weighted by atomic mass is 15.0. The number of nitrogens with two attached hydrogens (primary N) is 1. The van der Waals surface area contributed by atoms with Gasteiger partial charge in [-0.05, 0) is 19.4 Å². The van der Waals surface area contributed by atoms with Crippen molar-refractivity contribution in [1.82, 2.24) is 5.32 Å². The van der Waals surface area contributed by atoms with E-state index in [0.717, 1.165) is 13.1 Å². The molecule has 0 heterocycles. The molecule has 1 fully saturated rings. The largest absolute Gasteiger partial charge is 0.329 e. The van der Waals surface area contributed by atoms with Crippen molar-refractivity contribution in [2.75, 3.05) is 13.1 Å². The molecule has 0 aromatic carbocycles. The Labute approximate surface area is 108 Å². The van der Waals surface area contributed by atoms with Crippen LogP contribution in [0.4, 0.5) is 0 Å². The van der Waals surface area contributed by atoms with E-state index in [1.807, 2.05) is 0 Å². The maximum absolute atomic E-state index is 6.04. The summed E-state index contributed by atoms with van der Waals surface area (Å²) >= 11 is 0. The van der Waals surface area contributed by atoms with E-state index in [-0.39, 0.29) is 5.54 Å². The lowest BCUT2D eigenvalue weighted by atomic mass is 9.85. The van der Waals surface area contributed by atoms with Gasteiger partial charge in [0.1, 0.15) is 0 Å². The molecule has 102 valence electrons. The molecule has 0 aliphatic heterocycles. The van der Waals surface area contributed by atoms with Gasteiger partial charge in [-0.2, -0.15) is 0 Å².